The molecule has 0 bridgehead atoms. The van der Waals surface area contributed by atoms with E-state index in [1.807, 2.05) is 6.08 Å². The van der Waals surface area contributed by atoms with Gasteiger partial charge in [-0.05, 0) is 24.3 Å². The molecule has 4 heteroatoms. The van der Waals surface area contributed by atoms with Crippen LogP contribution in [0.25, 0.3) is 0 Å². The van der Waals surface area contributed by atoms with E-state index in [-0.39, 0.29) is 5.41 Å². The van der Waals surface area contributed by atoms with Crippen LogP contribution < -0.4 is 0 Å². The summed E-state index contributed by atoms with van der Waals surface area (Å²) in [5, 5.41) is 0. The maximum atomic E-state index is 11.0. The third-order valence-electron chi connectivity index (χ3n) is 2.39. The predicted octanol–water partition coefficient (Wildman–Crippen LogP) is 3.21. The van der Waals surface area contributed by atoms with E-state index >= 15 is 0 Å². The Labute approximate surface area is 90.1 Å². The lowest BCUT2D eigenvalue weighted by Crippen LogP contribution is -2.12. The van der Waals surface area contributed by atoms with Gasteiger partial charge in [-0.25, -0.2) is 8.42 Å². The first-order valence-electron chi connectivity index (χ1n) is 4.56. The molecule has 0 unspecified atom stereocenters. The van der Waals surface area contributed by atoms with Crippen LogP contribution in [0.2, 0.25) is 0 Å². The lowest BCUT2D eigenvalue weighted by molar-refractivity contribution is 0.480. The Hall–Kier alpha value is -0.280. The number of halogens is 1. The van der Waals surface area contributed by atoms with Gasteiger partial charge in [0.25, 0.3) is 9.05 Å². The first kappa shape index (κ1) is 11.8. The van der Waals surface area contributed by atoms with E-state index in [4.69, 9.17) is 10.7 Å². The molecule has 14 heavy (non-hydrogen) atoms. The molecule has 0 saturated carbocycles. The highest BCUT2D eigenvalue weighted by Crippen LogP contribution is 2.34. The molecule has 1 aliphatic rings. The molecule has 0 amide bonds. The van der Waals surface area contributed by atoms with Gasteiger partial charge in [-0.1, -0.05) is 32.4 Å². The zero-order valence-electron chi connectivity index (χ0n) is 8.67. The molecule has 0 N–H and O–H groups in total. The monoisotopic (exact) mass is 234 g/mol. The molecule has 80 valence electrons. The van der Waals surface area contributed by atoms with Crippen molar-refractivity contribution in [1.82, 2.24) is 0 Å². The van der Waals surface area contributed by atoms with Gasteiger partial charge in [0.2, 0.25) is 0 Å². The van der Waals surface area contributed by atoms with Gasteiger partial charge in [0.1, 0.15) is 0 Å². The zero-order valence-corrected chi connectivity index (χ0v) is 10.2. The highest BCUT2D eigenvalue weighted by Gasteiger charge is 2.22. The molecule has 0 spiro atoms. The van der Waals surface area contributed by atoms with Crippen molar-refractivity contribution in [3.8, 4) is 0 Å². The van der Waals surface area contributed by atoms with Gasteiger partial charge in [0.05, 0.1) is 4.91 Å². The van der Waals surface area contributed by atoms with E-state index in [0.29, 0.717) is 11.3 Å². The molecule has 0 heterocycles. The van der Waals surface area contributed by atoms with Crippen molar-refractivity contribution in [3.05, 3.63) is 22.6 Å². The van der Waals surface area contributed by atoms with Crippen LogP contribution in [0, 0.1) is 5.41 Å². The number of hydrogen-bond donors (Lipinski definition) is 0. The maximum absolute atomic E-state index is 11.0. The summed E-state index contributed by atoms with van der Waals surface area (Å²) in [5.74, 6) is 0. The summed E-state index contributed by atoms with van der Waals surface area (Å²) in [4.78, 5) is 0.326. The van der Waals surface area contributed by atoms with Gasteiger partial charge >= 0.3 is 0 Å². The van der Waals surface area contributed by atoms with Crippen molar-refractivity contribution < 1.29 is 8.42 Å². The Bertz CT molecular complexity index is 383. The van der Waals surface area contributed by atoms with Crippen LogP contribution in [-0.2, 0) is 9.05 Å². The van der Waals surface area contributed by atoms with Gasteiger partial charge in [0.15, 0.2) is 0 Å². The molecule has 0 aromatic carbocycles. The summed E-state index contributed by atoms with van der Waals surface area (Å²) in [6.45, 7) is 6.35. The Morgan fingerprint density at radius 2 is 1.79 bits per heavy atom. The second-order valence-electron chi connectivity index (χ2n) is 4.51. The van der Waals surface area contributed by atoms with Crippen molar-refractivity contribution in [2.45, 2.75) is 33.6 Å². The Balaban J connectivity index is 2.96. The number of rotatable bonds is 1. The van der Waals surface area contributed by atoms with Gasteiger partial charge in [-0.2, -0.15) is 0 Å². The number of hydrogen-bond acceptors (Lipinski definition) is 2. The Kier molecular flexibility index (Phi) is 3.12. The maximum Gasteiger partial charge on any atom is 0.257 e. The normalized spacial score (nSPS) is 18.9. The summed E-state index contributed by atoms with van der Waals surface area (Å²) in [6, 6.07) is 0. The predicted molar refractivity (Wildman–Crippen MR) is 59.6 cm³/mol. The van der Waals surface area contributed by atoms with E-state index in [1.165, 1.54) is 5.57 Å². The molecule has 2 nitrogen and oxygen atoms in total. The van der Waals surface area contributed by atoms with Crippen molar-refractivity contribution in [2.24, 2.45) is 5.41 Å². The summed E-state index contributed by atoms with van der Waals surface area (Å²) in [7, 11) is 1.74. The lowest BCUT2D eigenvalue weighted by Gasteiger charge is -2.25. The smallest absolute Gasteiger partial charge is 0.207 e. The van der Waals surface area contributed by atoms with E-state index in [0.717, 1.165) is 6.42 Å². The second kappa shape index (κ2) is 3.70. The van der Waals surface area contributed by atoms with Crippen molar-refractivity contribution >= 4 is 19.7 Å². The van der Waals surface area contributed by atoms with E-state index in [1.54, 1.807) is 6.08 Å². The van der Waals surface area contributed by atoms with Crippen molar-refractivity contribution in [1.29, 1.82) is 0 Å². The standard InChI is InChI=1S/C10H15ClO2S/c1-10(2,3)8-4-6-9(7-5-8)14(11,12)13/h4,6H,5,7H2,1-3H3. The highest BCUT2D eigenvalue weighted by atomic mass is 35.7. The van der Waals surface area contributed by atoms with Gasteiger partial charge in [0, 0.05) is 10.7 Å². The molecular weight excluding hydrogens is 220 g/mol. The summed E-state index contributed by atoms with van der Waals surface area (Å²) >= 11 is 0. The molecule has 0 aromatic heterocycles. The zero-order chi connectivity index (χ0) is 11.0. The Morgan fingerprint density at radius 1 is 1.21 bits per heavy atom. The fourth-order valence-corrected chi connectivity index (χ4v) is 2.41. The molecule has 1 rings (SSSR count). The van der Waals surface area contributed by atoms with Crippen LogP contribution in [0.1, 0.15) is 33.6 Å². The second-order valence-corrected chi connectivity index (χ2v) is 7.13. The summed E-state index contributed by atoms with van der Waals surface area (Å²) in [5.41, 5.74) is 1.37. The van der Waals surface area contributed by atoms with Gasteiger partial charge < -0.3 is 0 Å². The third-order valence-corrected chi connectivity index (χ3v) is 3.95. The molecule has 0 radical (unpaired) electrons. The molecule has 0 saturated heterocycles. The minimum Gasteiger partial charge on any atom is -0.207 e. The minimum absolute atomic E-state index is 0.109. The van der Waals surface area contributed by atoms with Gasteiger partial charge in [-0.3, -0.25) is 0 Å². The number of allylic oxidation sites excluding steroid dienone is 4. The molecule has 0 aliphatic heterocycles. The van der Waals surface area contributed by atoms with E-state index in [9.17, 15) is 8.42 Å². The largest absolute Gasteiger partial charge is 0.257 e. The Morgan fingerprint density at radius 3 is 2.07 bits per heavy atom. The van der Waals surface area contributed by atoms with E-state index in [2.05, 4.69) is 20.8 Å². The van der Waals surface area contributed by atoms with Crippen molar-refractivity contribution in [2.75, 3.05) is 0 Å². The van der Waals surface area contributed by atoms with Gasteiger partial charge in [-0.15, -0.1) is 0 Å². The molecule has 1 aliphatic carbocycles. The molecule has 0 fully saturated rings. The minimum atomic E-state index is -3.51. The summed E-state index contributed by atoms with van der Waals surface area (Å²) in [6.07, 6.45) is 4.79. The van der Waals surface area contributed by atoms with Crippen LogP contribution in [0.15, 0.2) is 22.6 Å². The molecular formula is C10H15ClO2S. The highest BCUT2D eigenvalue weighted by molar-refractivity contribution is 8.16. The first-order chi connectivity index (χ1) is 6.21. The van der Waals surface area contributed by atoms with E-state index < -0.39 is 9.05 Å². The first-order valence-corrected chi connectivity index (χ1v) is 6.87. The van der Waals surface area contributed by atoms with Crippen LogP contribution in [0.4, 0.5) is 0 Å². The average molecular weight is 235 g/mol. The quantitative estimate of drug-likeness (QED) is 0.653. The van der Waals surface area contributed by atoms with Crippen molar-refractivity contribution in [3.63, 3.8) is 0 Å². The fraction of sp³-hybridized carbons (Fsp3) is 0.600. The summed E-state index contributed by atoms with van der Waals surface area (Å²) < 4.78 is 22.0. The third kappa shape index (κ3) is 2.85. The topological polar surface area (TPSA) is 34.1 Å². The molecule has 0 aromatic rings. The molecule has 0 atom stereocenters. The van der Waals surface area contributed by atoms with Crippen LogP contribution in [0.3, 0.4) is 0 Å². The van der Waals surface area contributed by atoms with Crippen LogP contribution in [0.5, 0.6) is 0 Å². The van der Waals surface area contributed by atoms with Crippen LogP contribution >= 0.6 is 10.7 Å². The fourth-order valence-electron chi connectivity index (χ4n) is 1.45. The van der Waals surface area contributed by atoms with Crippen LogP contribution in [-0.4, -0.2) is 8.42 Å². The SMILES string of the molecule is CC(C)(C)C1=CC=C(S(=O)(=O)Cl)CC1. The lowest BCUT2D eigenvalue weighted by atomic mass is 9.82. The average Bonchev–Trinajstić information content (AvgIpc) is 2.01.